The van der Waals surface area contributed by atoms with Crippen molar-refractivity contribution in [3.05, 3.63) is 76.1 Å². The molecule has 23 heavy (non-hydrogen) atoms. The fourth-order valence-electron chi connectivity index (χ4n) is 3.33. The highest BCUT2D eigenvalue weighted by molar-refractivity contribution is 7.91. The van der Waals surface area contributed by atoms with Crippen molar-refractivity contribution in [1.82, 2.24) is 4.57 Å². The van der Waals surface area contributed by atoms with Crippen molar-refractivity contribution < 1.29 is 4.55 Å². The summed E-state index contributed by atoms with van der Waals surface area (Å²) < 4.78 is 14.4. The third-order valence-electron chi connectivity index (χ3n) is 4.38. The van der Waals surface area contributed by atoms with Gasteiger partial charge in [-0.25, -0.2) is 0 Å². The van der Waals surface area contributed by atoms with Gasteiger partial charge >= 0.3 is 0 Å². The van der Waals surface area contributed by atoms with E-state index in [1.807, 2.05) is 42.5 Å². The van der Waals surface area contributed by atoms with Gasteiger partial charge in [-0.05, 0) is 17.0 Å². The van der Waals surface area contributed by atoms with E-state index in [0.717, 1.165) is 27.8 Å². The Balaban J connectivity index is 2.02. The van der Waals surface area contributed by atoms with Crippen LogP contribution in [0, 0.1) is 0 Å². The summed E-state index contributed by atoms with van der Waals surface area (Å²) in [5, 5.41) is 2.38. The third kappa shape index (κ3) is 2.48. The molecule has 3 aromatic rings. The van der Waals surface area contributed by atoms with E-state index < -0.39 is 11.2 Å². The van der Waals surface area contributed by atoms with Crippen molar-refractivity contribution in [3.63, 3.8) is 0 Å². The Hall–Kier alpha value is -2.04. The monoisotopic (exact) mass is 323 g/mol. The Bertz CT molecular complexity index is 918. The van der Waals surface area contributed by atoms with Crippen molar-refractivity contribution in [1.29, 1.82) is 0 Å². The van der Waals surface area contributed by atoms with Crippen LogP contribution in [0.4, 0.5) is 0 Å². The molecular formula is C19H17NO2S. The summed E-state index contributed by atoms with van der Waals surface area (Å²) in [5.74, 6) is 0.638. The van der Waals surface area contributed by atoms with Crippen LogP contribution in [-0.4, -0.2) is 14.9 Å². The molecule has 1 aromatic heterocycles. The third-order valence-corrected chi connectivity index (χ3v) is 5.94. The van der Waals surface area contributed by atoms with Crippen LogP contribution in [0.25, 0.3) is 10.8 Å². The summed E-state index contributed by atoms with van der Waals surface area (Å²) in [4.78, 5) is 12.8. The summed E-state index contributed by atoms with van der Waals surface area (Å²) in [7, 11) is 0. The second-order valence-electron chi connectivity index (χ2n) is 5.85. The summed E-state index contributed by atoms with van der Waals surface area (Å²) in [6.45, 7) is 0.659. The second-order valence-corrected chi connectivity index (χ2v) is 7.34. The Labute approximate surface area is 137 Å². The molecule has 0 amide bonds. The molecule has 1 aliphatic heterocycles. The number of nitrogens with zero attached hydrogens (tertiary/aromatic N) is 1. The van der Waals surface area contributed by atoms with E-state index in [9.17, 15) is 9.35 Å². The maximum atomic E-state index is 12.8. The lowest BCUT2D eigenvalue weighted by Crippen LogP contribution is -2.33. The quantitative estimate of drug-likeness (QED) is 0.680. The molecule has 0 saturated heterocycles. The molecule has 0 fully saturated rings. The number of fused-ring (bicyclic) bond motifs is 2. The average molecular weight is 323 g/mol. The molecule has 1 aliphatic rings. The van der Waals surface area contributed by atoms with Gasteiger partial charge < -0.3 is 4.55 Å². The number of rotatable bonds is 2. The zero-order chi connectivity index (χ0) is 15.8. The number of pyridine rings is 1. The minimum atomic E-state index is -1.10. The Kier molecular flexibility index (Phi) is 3.71. The van der Waals surface area contributed by atoms with Crippen LogP contribution >= 0.6 is 0 Å². The second kappa shape index (κ2) is 5.87. The minimum absolute atomic E-state index is 0.0135. The highest BCUT2D eigenvalue weighted by atomic mass is 32.2. The topological polar surface area (TPSA) is 45.1 Å². The molecule has 0 saturated carbocycles. The smallest absolute Gasteiger partial charge is 0.262 e. The van der Waals surface area contributed by atoms with E-state index >= 15 is 0 Å². The van der Waals surface area contributed by atoms with Gasteiger partial charge in [-0.3, -0.25) is 9.36 Å². The SMILES string of the molecule is O=c1c2ccccc2c(Cc2ccccc2)c2n1CCC[S+]2[O-]. The highest BCUT2D eigenvalue weighted by Crippen LogP contribution is 2.29. The summed E-state index contributed by atoms with van der Waals surface area (Å²) >= 11 is -1.10. The first-order chi connectivity index (χ1) is 11.3. The largest absolute Gasteiger partial charge is 0.610 e. The molecule has 0 aliphatic carbocycles. The van der Waals surface area contributed by atoms with E-state index in [1.165, 1.54) is 5.56 Å². The number of hydrogen-bond acceptors (Lipinski definition) is 2. The van der Waals surface area contributed by atoms with E-state index in [1.54, 1.807) is 4.57 Å². The van der Waals surface area contributed by atoms with Crippen LogP contribution in [0.3, 0.4) is 0 Å². The van der Waals surface area contributed by atoms with Gasteiger partial charge in [0.15, 0.2) is 0 Å². The highest BCUT2D eigenvalue weighted by Gasteiger charge is 2.29. The standard InChI is InChI=1S/C19H17NO2S/c21-18-16-10-5-4-9-15(16)17(13-14-7-2-1-3-8-14)19-20(18)11-6-12-23(19)22/h1-5,7-10H,6,11-13H2. The summed E-state index contributed by atoms with van der Waals surface area (Å²) in [6.07, 6.45) is 1.49. The average Bonchev–Trinajstić information content (AvgIpc) is 2.60. The van der Waals surface area contributed by atoms with Crippen molar-refractivity contribution in [2.45, 2.75) is 24.4 Å². The Morgan fingerprint density at radius 3 is 2.48 bits per heavy atom. The molecule has 4 heteroatoms. The van der Waals surface area contributed by atoms with Crippen molar-refractivity contribution in [2.24, 2.45) is 0 Å². The summed E-state index contributed by atoms with van der Waals surface area (Å²) in [6, 6.07) is 17.8. The van der Waals surface area contributed by atoms with Gasteiger partial charge in [-0.1, -0.05) is 48.5 Å². The van der Waals surface area contributed by atoms with Gasteiger partial charge in [0, 0.05) is 41.5 Å². The molecule has 116 valence electrons. The van der Waals surface area contributed by atoms with Crippen molar-refractivity contribution >= 4 is 21.9 Å². The number of aromatic nitrogens is 1. The molecule has 2 aromatic carbocycles. The molecule has 0 N–H and O–H groups in total. The zero-order valence-electron chi connectivity index (χ0n) is 12.7. The fourth-order valence-corrected chi connectivity index (χ4v) is 4.79. The normalized spacial score (nSPS) is 17.2. The van der Waals surface area contributed by atoms with E-state index in [-0.39, 0.29) is 5.56 Å². The minimum Gasteiger partial charge on any atom is -0.610 e. The van der Waals surface area contributed by atoms with E-state index in [2.05, 4.69) is 12.1 Å². The predicted molar refractivity (Wildman–Crippen MR) is 93.3 cm³/mol. The first-order valence-electron chi connectivity index (χ1n) is 7.82. The molecular weight excluding hydrogens is 306 g/mol. The molecule has 1 unspecified atom stereocenters. The lowest BCUT2D eigenvalue weighted by Gasteiger charge is -2.24. The van der Waals surface area contributed by atoms with Gasteiger partial charge in [0.05, 0.1) is 0 Å². The van der Waals surface area contributed by atoms with Crippen LogP contribution in [0.2, 0.25) is 0 Å². The summed E-state index contributed by atoms with van der Waals surface area (Å²) in [5.41, 5.74) is 2.19. The number of benzene rings is 2. The molecule has 2 heterocycles. The van der Waals surface area contributed by atoms with Crippen LogP contribution in [0.5, 0.6) is 0 Å². The van der Waals surface area contributed by atoms with Crippen LogP contribution in [0.1, 0.15) is 17.5 Å². The maximum absolute atomic E-state index is 12.8. The molecule has 4 rings (SSSR count). The first-order valence-corrected chi connectivity index (χ1v) is 9.14. The lowest BCUT2D eigenvalue weighted by molar-refractivity contribution is 0.522. The van der Waals surface area contributed by atoms with Gasteiger partial charge in [0.25, 0.3) is 5.56 Å². The fraction of sp³-hybridized carbons (Fsp3) is 0.211. The van der Waals surface area contributed by atoms with E-state index in [4.69, 9.17) is 0 Å². The maximum Gasteiger partial charge on any atom is 0.262 e. The van der Waals surface area contributed by atoms with Crippen molar-refractivity contribution in [2.75, 3.05) is 5.75 Å². The molecule has 3 nitrogen and oxygen atoms in total. The van der Waals surface area contributed by atoms with Gasteiger partial charge in [0.1, 0.15) is 5.75 Å². The first kappa shape index (κ1) is 14.5. The molecule has 1 atom stereocenters. The van der Waals surface area contributed by atoms with Crippen LogP contribution < -0.4 is 5.56 Å². The number of hydrogen-bond donors (Lipinski definition) is 0. The Morgan fingerprint density at radius 2 is 1.70 bits per heavy atom. The van der Waals surface area contributed by atoms with E-state index in [0.29, 0.717) is 18.7 Å². The lowest BCUT2D eigenvalue weighted by atomic mass is 10.0. The molecule has 0 radical (unpaired) electrons. The Morgan fingerprint density at radius 1 is 1.00 bits per heavy atom. The molecule has 0 spiro atoms. The van der Waals surface area contributed by atoms with Gasteiger partial charge in [-0.2, -0.15) is 0 Å². The van der Waals surface area contributed by atoms with Gasteiger partial charge in [0.2, 0.25) is 5.03 Å². The van der Waals surface area contributed by atoms with Crippen LogP contribution in [-0.2, 0) is 24.1 Å². The van der Waals surface area contributed by atoms with Crippen LogP contribution in [0.15, 0.2) is 64.4 Å². The predicted octanol–water partition coefficient (Wildman–Crippen LogP) is 3.10. The van der Waals surface area contributed by atoms with Crippen molar-refractivity contribution in [3.8, 4) is 0 Å². The van der Waals surface area contributed by atoms with Gasteiger partial charge in [-0.15, -0.1) is 0 Å². The zero-order valence-corrected chi connectivity index (χ0v) is 13.5. The molecule has 0 bridgehead atoms.